The van der Waals surface area contributed by atoms with Gasteiger partial charge in [0.1, 0.15) is 5.75 Å². The van der Waals surface area contributed by atoms with Crippen LogP contribution in [0.15, 0.2) is 18.2 Å². The van der Waals surface area contributed by atoms with Crippen molar-refractivity contribution in [2.24, 2.45) is 5.41 Å². The summed E-state index contributed by atoms with van der Waals surface area (Å²) < 4.78 is 5.83. The van der Waals surface area contributed by atoms with Crippen LogP contribution >= 0.6 is 0 Å². The summed E-state index contributed by atoms with van der Waals surface area (Å²) in [5.74, 6) is 1.03. The van der Waals surface area contributed by atoms with E-state index in [-0.39, 0.29) is 17.4 Å². The maximum Gasteiger partial charge on any atom is 0.225 e. The molecule has 0 spiro atoms. The number of aryl methyl sites for hydroxylation is 1. The van der Waals surface area contributed by atoms with E-state index in [1.165, 1.54) is 0 Å². The lowest BCUT2D eigenvalue weighted by Gasteiger charge is -2.24. The molecule has 1 atom stereocenters. The summed E-state index contributed by atoms with van der Waals surface area (Å²) in [6.07, 6.45) is 1.89. The van der Waals surface area contributed by atoms with Gasteiger partial charge >= 0.3 is 0 Å². The van der Waals surface area contributed by atoms with Crippen molar-refractivity contribution in [2.75, 3.05) is 6.61 Å². The van der Waals surface area contributed by atoms with Crippen LogP contribution < -0.4 is 10.1 Å². The van der Waals surface area contributed by atoms with Gasteiger partial charge in [-0.3, -0.25) is 4.79 Å². The molecule has 1 amide bonds. The second-order valence-corrected chi connectivity index (χ2v) is 6.26. The van der Waals surface area contributed by atoms with Crippen molar-refractivity contribution in [2.45, 2.75) is 46.6 Å². The summed E-state index contributed by atoms with van der Waals surface area (Å²) in [6, 6.07) is 6.19. The molecule has 1 aliphatic heterocycles. The molecule has 1 aromatic rings. The van der Waals surface area contributed by atoms with Gasteiger partial charge in [-0.1, -0.05) is 39.0 Å². The van der Waals surface area contributed by atoms with Gasteiger partial charge in [-0.15, -0.1) is 0 Å². The predicted octanol–water partition coefficient (Wildman–Crippen LogP) is 3.37. The summed E-state index contributed by atoms with van der Waals surface area (Å²) in [5, 5.41) is 3.16. The van der Waals surface area contributed by atoms with Crippen molar-refractivity contribution in [1.29, 1.82) is 0 Å². The highest BCUT2D eigenvalue weighted by atomic mass is 16.5. The molecule has 0 saturated carbocycles. The second kappa shape index (κ2) is 5.24. The van der Waals surface area contributed by atoms with Gasteiger partial charge in [0.2, 0.25) is 5.91 Å². The molecule has 0 saturated heterocycles. The maximum absolute atomic E-state index is 12.2. The first-order valence-corrected chi connectivity index (χ1v) is 6.93. The smallest absolute Gasteiger partial charge is 0.225 e. The zero-order valence-electron chi connectivity index (χ0n) is 12.2. The molecule has 19 heavy (non-hydrogen) atoms. The number of hydrogen-bond donors (Lipinski definition) is 1. The van der Waals surface area contributed by atoms with Gasteiger partial charge < -0.3 is 10.1 Å². The molecule has 1 unspecified atom stereocenters. The van der Waals surface area contributed by atoms with Gasteiger partial charge in [0.05, 0.1) is 12.6 Å². The van der Waals surface area contributed by atoms with Crippen molar-refractivity contribution >= 4 is 5.91 Å². The van der Waals surface area contributed by atoms with E-state index in [2.05, 4.69) is 11.4 Å². The largest absolute Gasteiger partial charge is 0.493 e. The predicted molar refractivity (Wildman–Crippen MR) is 76.2 cm³/mol. The van der Waals surface area contributed by atoms with Crippen molar-refractivity contribution in [1.82, 2.24) is 5.32 Å². The highest BCUT2D eigenvalue weighted by Crippen LogP contribution is 2.34. The number of carbonyl (C=O) groups is 1. The lowest BCUT2D eigenvalue weighted by atomic mass is 9.93. The van der Waals surface area contributed by atoms with Crippen LogP contribution in [0.4, 0.5) is 0 Å². The molecule has 1 N–H and O–H groups in total. The third-order valence-electron chi connectivity index (χ3n) is 3.49. The first-order chi connectivity index (χ1) is 8.89. The molecule has 0 bridgehead atoms. The van der Waals surface area contributed by atoms with Gasteiger partial charge in [0.25, 0.3) is 0 Å². The SMILES string of the molecule is Cc1cccc2c1OCCCC2NC(=O)C(C)(C)C. The van der Waals surface area contributed by atoms with Crippen molar-refractivity contribution < 1.29 is 9.53 Å². The van der Waals surface area contributed by atoms with Crippen LogP contribution in [0.1, 0.15) is 50.8 Å². The highest BCUT2D eigenvalue weighted by molar-refractivity contribution is 5.81. The number of benzene rings is 1. The van der Waals surface area contributed by atoms with E-state index in [0.717, 1.165) is 36.3 Å². The van der Waals surface area contributed by atoms with Crippen LogP contribution in [0.5, 0.6) is 5.75 Å². The molecular formula is C16H23NO2. The molecule has 104 valence electrons. The van der Waals surface area contributed by atoms with E-state index in [1.807, 2.05) is 39.8 Å². The van der Waals surface area contributed by atoms with E-state index in [0.29, 0.717) is 0 Å². The Kier molecular flexibility index (Phi) is 3.83. The van der Waals surface area contributed by atoms with E-state index >= 15 is 0 Å². The average Bonchev–Trinajstić information content (AvgIpc) is 2.52. The van der Waals surface area contributed by atoms with Crippen LogP contribution in [-0.4, -0.2) is 12.5 Å². The van der Waals surface area contributed by atoms with Gasteiger partial charge in [-0.25, -0.2) is 0 Å². The van der Waals surface area contributed by atoms with Crippen LogP contribution in [-0.2, 0) is 4.79 Å². The number of para-hydroxylation sites is 1. The van der Waals surface area contributed by atoms with Crippen molar-refractivity contribution in [3.8, 4) is 5.75 Å². The molecule has 1 aromatic carbocycles. The fraction of sp³-hybridized carbons (Fsp3) is 0.562. The van der Waals surface area contributed by atoms with E-state index in [4.69, 9.17) is 4.74 Å². The number of nitrogens with one attached hydrogen (secondary N) is 1. The number of fused-ring (bicyclic) bond motifs is 1. The third kappa shape index (κ3) is 3.09. The summed E-state index contributed by atoms with van der Waals surface area (Å²) >= 11 is 0. The Morgan fingerprint density at radius 2 is 2.11 bits per heavy atom. The quantitative estimate of drug-likeness (QED) is 0.841. The Morgan fingerprint density at radius 1 is 1.37 bits per heavy atom. The zero-order valence-corrected chi connectivity index (χ0v) is 12.2. The van der Waals surface area contributed by atoms with Gasteiger partial charge in [0.15, 0.2) is 0 Å². The van der Waals surface area contributed by atoms with E-state index in [9.17, 15) is 4.79 Å². The summed E-state index contributed by atoms with van der Waals surface area (Å²) in [5.41, 5.74) is 1.88. The van der Waals surface area contributed by atoms with Crippen molar-refractivity contribution in [3.05, 3.63) is 29.3 Å². The number of hydrogen-bond acceptors (Lipinski definition) is 2. The molecule has 1 heterocycles. The first-order valence-electron chi connectivity index (χ1n) is 6.93. The fourth-order valence-electron chi connectivity index (χ4n) is 2.29. The fourth-order valence-corrected chi connectivity index (χ4v) is 2.29. The second-order valence-electron chi connectivity index (χ2n) is 6.26. The van der Waals surface area contributed by atoms with Gasteiger partial charge in [-0.05, 0) is 25.3 Å². The number of rotatable bonds is 1. The summed E-state index contributed by atoms with van der Waals surface area (Å²) in [7, 11) is 0. The minimum atomic E-state index is -0.364. The molecule has 0 radical (unpaired) electrons. The third-order valence-corrected chi connectivity index (χ3v) is 3.49. The van der Waals surface area contributed by atoms with Crippen LogP contribution in [0, 0.1) is 12.3 Å². The van der Waals surface area contributed by atoms with Crippen molar-refractivity contribution in [3.63, 3.8) is 0 Å². The topological polar surface area (TPSA) is 38.3 Å². The lowest BCUT2D eigenvalue weighted by Crippen LogP contribution is -2.37. The minimum absolute atomic E-state index is 0.0594. The Bertz CT molecular complexity index is 474. The Labute approximate surface area is 115 Å². The Morgan fingerprint density at radius 3 is 2.79 bits per heavy atom. The lowest BCUT2D eigenvalue weighted by molar-refractivity contribution is -0.129. The Hall–Kier alpha value is -1.51. The molecule has 3 heteroatoms. The standard InChI is InChI=1S/C16H23NO2/c1-11-7-5-8-12-13(9-6-10-19-14(11)12)17-15(18)16(2,3)4/h5,7-8,13H,6,9-10H2,1-4H3,(H,17,18). The van der Waals surface area contributed by atoms with Crippen LogP contribution in [0.3, 0.4) is 0 Å². The molecule has 2 rings (SSSR count). The number of carbonyl (C=O) groups excluding carboxylic acids is 1. The molecule has 0 aromatic heterocycles. The molecule has 0 fully saturated rings. The zero-order chi connectivity index (χ0) is 14.0. The van der Waals surface area contributed by atoms with Crippen LogP contribution in [0.2, 0.25) is 0 Å². The average molecular weight is 261 g/mol. The highest BCUT2D eigenvalue weighted by Gasteiger charge is 2.27. The molecular weight excluding hydrogens is 238 g/mol. The molecule has 0 aliphatic carbocycles. The Balaban J connectivity index is 2.28. The maximum atomic E-state index is 12.2. The summed E-state index contributed by atoms with van der Waals surface area (Å²) in [4.78, 5) is 12.2. The monoisotopic (exact) mass is 261 g/mol. The summed E-state index contributed by atoms with van der Waals surface area (Å²) in [6.45, 7) is 8.58. The molecule has 1 aliphatic rings. The van der Waals surface area contributed by atoms with E-state index in [1.54, 1.807) is 0 Å². The van der Waals surface area contributed by atoms with Gasteiger partial charge in [0, 0.05) is 11.0 Å². The minimum Gasteiger partial charge on any atom is -0.493 e. The number of amides is 1. The van der Waals surface area contributed by atoms with Gasteiger partial charge in [-0.2, -0.15) is 0 Å². The number of ether oxygens (including phenoxy) is 1. The first kappa shape index (κ1) is 13.9. The normalized spacial score (nSPS) is 19.1. The van der Waals surface area contributed by atoms with E-state index < -0.39 is 0 Å². The molecule has 3 nitrogen and oxygen atoms in total. The van der Waals surface area contributed by atoms with Crippen LogP contribution in [0.25, 0.3) is 0 Å².